The van der Waals surface area contributed by atoms with Crippen LogP contribution in [0.5, 0.6) is 5.75 Å². The first-order valence-electron chi connectivity index (χ1n) is 6.94. The summed E-state index contributed by atoms with van der Waals surface area (Å²) in [5, 5.41) is 22.1. The van der Waals surface area contributed by atoms with Gasteiger partial charge in [-0.2, -0.15) is 0 Å². The van der Waals surface area contributed by atoms with E-state index in [1.807, 2.05) is 51.1 Å². The molecule has 0 spiro atoms. The minimum Gasteiger partial charge on any atom is -0.490 e. The number of rotatable bonds is 8. The van der Waals surface area contributed by atoms with E-state index in [2.05, 4.69) is 5.32 Å². The van der Waals surface area contributed by atoms with Crippen molar-refractivity contribution in [3.8, 4) is 5.75 Å². The van der Waals surface area contributed by atoms with Gasteiger partial charge in [-0.25, -0.2) is 0 Å². The minimum absolute atomic E-state index is 0.0231. The number of aliphatic hydroxyl groups excluding tert-OH is 2. The molecule has 4 heteroatoms. The van der Waals surface area contributed by atoms with Crippen LogP contribution in [0.25, 0.3) is 6.08 Å². The van der Waals surface area contributed by atoms with Crippen LogP contribution >= 0.6 is 0 Å². The third-order valence-electron chi connectivity index (χ3n) is 2.76. The lowest BCUT2D eigenvalue weighted by molar-refractivity contribution is 0.104. The summed E-state index contributed by atoms with van der Waals surface area (Å²) in [6.45, 7) is 6.69. The van der Waals surface area contributed by atoms with E-state index in [-0.39, 0.29) is 13.2 Å². The van der Waals surface area contributed by atoms with Gasteiger partial charge in [-0.05, 0) is 18.6 Å². The van der Waals surface area contributed by atoms with Crippen molar-refractivity contribution in [3.63, 3.8) is 0 Å². The first kappa shape index (κ1) is 16.7. The summed E-state index contributed by atoms with van der Waals surface area (Å²) in [7, 11) is 0. The fourth-order valence-electron chi connectivity index (χ4n) is 1.66. The maximum absolute atomic E-state index is 9.84. The zero-order valence-corrected chi connectivity index (χ0v) is 12.5. The lowest BCUT2D eigenvalue weighted by Crippen LogP contribution is -2.35. The van der Waals surface area contributed by atoms with Gasteiger partial charge in [0.2, 0.25) is 0 Å². The Kier molecular flexibility index (Phi) is 7.30. The summed E-state index contributed by atoms with van der Waals surface area (Å²) < 4.78 is 5.66. The first-order chi connectivity index (χ1) is 9.52. The summed E-state index contributed by atoms with van der Waals surface area (Å²) in [5.74, 6) is 0.712. The highest BCUT2D eigenvalue weighted by atomic mass is 16.5. The molecular weight excluding hydrogens is 254 g/mol. The molecule has 1 unspecified atom stereocenters. The normalized spacial score (nSPS) is 13.6. The molecular formula is C16H25NO3. The van der Waals surface area contributed by atoms with E-state index in [4.69, 9.17) is 9.84 Å². The fraction of sp³-hybridized carbons (Fsp3) is 0.500. The second kappa shape index (κ2) is 8.74. The van der Waals surface area contributed by atoms with Crippen LogP contribution in [0.4, 0.5) is 0 Å². The largest absolute Gasteiger partial charge is 0.490 e. The van der Waals surface area contributed by atoms with Crippen molar-refractivity contribution in [2.45, 2.75) is 32.9 Å². The summed E-state index contributed by atoms with van der Waals surface area (Å²) >= 11 is 0. The quantitative estimate of drug-likeness (QED) is 0.679. The smallest absolute Gasteiger partial charge is 0.126 e. The molecule has 1 aromatic rings. The highest BCUT2D eigenvalue weighted by Gasteiger charge is 2.07. The predicted molar refractivity (Wildman–Crippen MR) is 81.8 cm³/mol. The van der Waals surface area contributed by atoms with E-state index in [0.717, 1.165) is 11.1 Å². The van der Waals surface area contributed by atoms with Crippen LogP contribution in [-0.4, -0.2) is 42.1 Å². The van der Waals surface area contributed by atoms with Crippen LogP contribution in [0.3, 0.4) is 0 Å². The molecule has 0 aromatic heterocycles. The van der Waals surface area contributed by atoms with Gasteiger partial charge >= 0.3 is 0 Å². The number of hydrogen-bond acceptors (Lipinski definition) is 4. The number of nitrogens with one attached hydrogen (secondary N) is 1. The number of para-hydroxylation sites is 1. The molecule has 0 radical (unpaired) electrons. The molecule has 3 N–H and O–H groups in total. The van der Waals surface area contributed by atoms with Crippen LogP contribution < -0.4 is 10.1 Å². The third kappa shape index (κ3) is 6.19. The van der Waals surface area contributed by atoms with Crippen LogP contribution in [0.1, 0.15) is 26.3 Å². The molecule has 1 atom stereocenters. The van der Waals surface area contributed by atoms with E-state index < -0.39 is 6.10 Å². The molecule has 112 valence electrons. The van der Waals surface area contributed by atoms with Gasteiger partial charge in [0.05, 0.1) is 6.61 Å². The molecule has 0 heterocycles. The molecule has 1 aromatic carbocycles. The summed E-state index contributed by atoms with van der Waals surface area (Å²) in [6.07, 6.45) is 1.34. The molecule has 4 nitrogen and oxygen atoms in total. The molecule has 0 aliphatic rings. The number of benzene rings is 1. The number of ether oxygens (including phenoxy) is 1. The Balaban J connectivity index is 2.59. The summed E-state index contributed by atoms with van der Waals surface area (Å²) in [4.78, 5) is 0. The molecule has 0 fully saturated rings. The van der Waals surface area contributed by atoms with Crippen molar-refractivity contribution in [1.82, 2.24) is 5.32 Å². The van der Waals surface area contributed by atoms with Gasteiger partial charge in [0, 0.05) is 18.2 Å². The Bertz CT molecular complexity index is 429. The maximum atomic E-state index is 9.84. The Morgan fingerprint density at radius 3 is 2.70 bits per heavy atom. The lowest BCUT2D eigenvalue weighted by atomic mass is 10.1. The van der Waals surface area contributed by atoms with E-state index in [9.17, 15) is 5.11 Å². The average Bonchev–Trinajstić information content (AvgIpc) is 2.44. The minimum atomic E-state index is -0.548. The van der Waals surface area contributed by atoms with Crippen molar-refractivity contribution >= 4 is 6.08 Å². The van der Waals surface area contributed by atoms with Crippen LogP contribution in [0.2, 0.25) is 0 Å². The zero-order chi connectivity index (χ0) is 15.0. The predicted octanol–water partition coefficient (Wildman–Crippen LogP) is 1.82. The Morgan fingerprint density at radius 2 is 2.05 bits per heavy atom. The second-order valence-electron chi connectivity index (χ2n) is 5.21. The molecule has 0 bridgehead atoms. The summed E-state index contributed by atoms with van der Waals surface area (Å²) in [6, 6.07) is 7.93. The topological polar surface area (TPSA) is 61.7 Å². The summed E-state index contributed by atoms with van der Waals surface area (Å²) in [5.41, 5.74) is 1.77. The van der Waals surface area contributed by atoms with Crippen LogP contribution in [-0.2, 0) is 0 Å². The Labute approximate surface area is 121 Å². The van der Waals surface area contributed by atoms with Gasteiger partial charge < -0.3 is 20.3 Å². The van der Waals surface area contributed by atoms with Crippen LogP contribution in [0.15, 0.2) is 29.8 Å². The van der Waals surface area contributed by atoms with Crippen molar-refractivity contribution in [2.24, 2.45) is 0 Å². The highest BCUT2D eigenvalue weighted by Crippen LogP contribution is 2.21. The Hall–Kier alpha value is -1.36. The molecule has 0 saturated heterocycles. The molecule has 0 aliphatic carbocycles. The fourth-order valence-corrected chi connectivity index (χ4v) is 1.66. The van der Waals surface area contributed by atoms with Crippen LogP contribution in [0, 0.1) is 0 Å². The van der Waals surface area contributed by atoms with Gasteiger partial charge in [0.25, 0.3) is 0 Å². The van der Waals surface area contributed by atoms with E-state index in [1.54, 1.807) is 0 Å². The van der Waals surface area contributed by atoms with Gasteiger partial charge in [0.15, 0.2) is 0 Å². The molecule has 0 amide bonds. The molecule has 1 rings (SSSR count). The van der Waals surface area contributed by atoms with E-state index in [0.29, 0.717) is 18.3 Å². The standard InChI is InChI=1S/C16H25NO3/c1-12(2)17-9-15(19)11-20-16-7-5-4-6-14(16)8-13(3)10-18/h4-8,12,15,17-19H,9-11H2,1-3H3/b13-8+. The van der Waals surface area contributed by atoms with Crippen molar-refractivity contribution in [1.29, 1.82) is 0 Å². The lowest BCUT2D eigenvalue weighted by Gasteiger charge is -2.16. The number of aliphatic hydroxyl groups is 2. The van der Waals surface area contributed by atoms with E-state index in [1.165, 1.54) is 0 Å². The maximum Gasteiger partial charge on any atom is 0.126 e. The highest BCUT2D eigenvalue weighted by molar-refractivity contribution is 5.59. The van der Waals surface area contributed by atoms with Crippen molar-refractivity contribution in [2.75, 3.05) is 19.8 Å². The average molecular weight is 279 g/mol. The first-order valence-corrected chi connectivity index (χ1v) is 6.94. The molecule has 0 saturated carbocycles. The zero-order valence-electron chi connectivity index (χ0n) is 12.5. The van der Waals surface area contributed by atoms with Gasteiger partial charge in [-0.15, -0.1) is 0 Å². The third-order valence-corrected chi connectivity index (χ3v) is 2.76. The van der Waals surface area contributed by atoms with Gasteiger partial charge in [-0.3, -0.25) is 0 Å². The monoisotopic (exact) mass is 279 g/mol. The SMILES string of the molecule is C/C(=C\c1ccccc1OCC(O)CNC(C)C)CO. The van der Waals surface area contributed by atoms with Crippen molar-refractivity contribution < 1.29 is 14.9 Å². The number of hydrogen-bond donors (Lipinski definition) is 3. The molecule has 0 aliphatic heterocycles. The molecule has 20 heavy (non-hydrogen) atoms. The second-order valence-corrected chi connectivity index (χ2v) is 5.21. The van der Waals surface area contributed by atoms with E-state index >= 15 is 0 Å². The van der Waals surface area contributed by atoms with Gasteiger partial charge in [-0.1, -0.05) is 38.1 Å². The van der Waals surface area contributed by atoms with Crippen molar-refractivity contribution in [3.05, 3.63) is 35.4 Å². The van der Waals surface area contributed by atoms with Gasteiger partial charge in [0.1, 0.15) is 18.5 Å². The Morgan fingerprint density at radius 1 is 1.35 bits per heavy atom.